The third-order valence-electron chi connectivity index (χ3n) is 2.26. The van der Waals surface area contributed by atoms with E-state index in [0.717, 1.165) is 0 Å². The molecule has 0 aliphatic carbocycles. The molecular formula is C13H9ClF2N2. The summed E-state index contributed by atoms with van der Waals surface area (Å²) in [4.78, 5) is 0. The molecule has 1 atom stereocenters. The van der Waals surface area contributed by atoms with E-state index in [-0.39, 0.29) is 11.4 Å². The van der Waals surface area contributed by atoms with Crippen molar-refractivity contribution in [3.63, 3.8) is 0 Å². The maximum atomic E-state index is 13.4. The van der Waals surface area contributed by atoms with Gasteiger partial charge in [0.25, 0.3) is 0 Å². The number of benzene rings is 2. The number of rotatable bonds is 3. The standard InChI is InChI=1S/C13H9ClF2N2/c14-13(11-3-1-2-4-12(11)16)18-17-10-7-5-9(15)6-8-10/h1-8,13H. The van der Waals surface area contributed by atoms with Gasteiger partial charge in [0, 0.05) is 5.56 Å². The van der Waals surface area contributed by atoms with Crippen LogP contribution in [0.4, 0.5) is 14.5 Å². The minimum Gasteiger partial charge on any atom is -0.207 e. The van der Waals surface area contributed by atoms with Gasteiger partial charge in [-0.25, -0.2) is 8.78 Å². The van der Waals surface area contributed by atoms with Crippen LogP contribution in [0.2, 0.25) is 0 Å². The largest absolute Gasteiger partial charge is 0.207 e. The molecule has 0 heterocycles. The Labute approximate surface area is 108 Å². The van der Waals surface area contributed by atoms with Gasteiger partial charge >= 0.3 is 0 Å². The molecule has 0 radical (unpaired) electrons. The zero-order valence-corrected chi connectivity index (χ0v) is 9.98. The second-order valence-corrected chi connectivity index (χ2v) is 3.96. The number of hydrogen-bond acceptors (Lipinski definition) is 2. The quantitative estimate of drug-likeness (QED) is 0.425. The van der Waals surface area contributed by atoms with Gasteiger partial charge in [0.05, 0.1) is 5.69 Å². The molecule has 0 aromatic heterocycles. The summed E-state index contributed by atoms with van der Waals surface area (Å²) in [5.41, 5.74) is -0.195. The molecule has 2 rings (SSSR count). The molecule has 2 nitrogen and oxygen atoms in total. The van der Waals surface area contributed by atoms with Crippen molar-refractivity contribution >= 4 is 17.3 Å². The molecule has 0 bridgehead atoms. The van der Waals surface area contributed by atoms with Crippen molar-refractivity contribution < 1.29 is 8.78 Å². The maximum Gasteiger partial charge on any atom is 0.172 e. The molecule has 0 aliphatic rings. The van der Waals surface area contributed by atoms with Crippen molar-refractivity contribution in [3.8, 4) is 0 Å². The third-order valence-corrected chi connectivity index (χ3v) is 2.59. The molecule has 0 spiro atoms. The van der Waals surface area contributed by atoms with E-state index in [1.165, 1.54) is 36.4 Å². The zero-order chi connectivity index (χ0) is 13.0. The molecule has 5 heteroatoms. The molecule has 18 heavy (non-hydrogen) atoms. The summed E-state index contributed by atoms with van der Waals surface area (Å²) in [7, 11) is 0. The number of azo groups is 1. The van der Waals surface area contributed by atoms with Gasteiger partial charge < -0.3 is 0 Å². The lowest BCUT2D eigenvalue weighted by molar-refractivity contribution is 0.606. The van der Waals surface area contributed by atoms with Crippen molar-refractivity contribution in [3.05, 3.63) is 65.7 Å². The van der Waals surface area contributed by atoms with Crippen LogP contribution in [0.3, 0.4) is 0 Å². The van der Waals surface area contributed by atoms with Crippen LogP contribution in [0.1, 0.15) is 11.1 Å². The monoisotopic (exact) mass is 266 g/mol. The van der Waals surface area contributed by atoms with Crippen LogP contribution < -0.4 is 0 Å². The van der Waals surface area contributed by atoms with Crippen LogP contribution in [0.15, 0.2) is 58.8 Å². The predicted octanol–water partition coefficient (Wildman–Crippen LogP) is 4.99. The smallest absolute Gasteiger partial charge is 0.172 e. The molecular weight excluding hydrogens is 258 g/mol. The highest BCUT2D eigenvalue weighted by atomic mass is 35.5. The van der Waals surface area contributed by atoms with Gasteiger partial charge in [-0.1, -0.05) is 29.8 Å². The van der Waals surface area contributed by atoms with Gasteiger partial charge in [-0.05, 0) is 30.3 Å². The topological polar surface area (TPSA) is 24.7 Å². The Bertz CT molecular complexity index is 555. The number of alkyl halides is 1. The molecule has 0 aliphatic heterocycles. The highest BCUT2D eigenvalue weighted by Gasteiger charge is 2.10. The minimum absolute atomic E-state index is 0.255. The van der Waals surface area contributed by atoms with Gasteiger partial charge in [-0.3, -0.25) is 0 Å². The average Bonchev–Trinajstić information content (AvgIpc) is 2.38. The Hall–Kier alpha value is -1.81. The summed E-state index contributed by atoms with van der Waals surface area (Å²) in [5, 5.41) is 7.61. The Kier molecular flexibility index (Phi) is 3.99. The van der Waals surface area contributed by atoms with E-state index in [1.807, 2.05) is 0 Å². The van der Waals surface area contributed by atoms with E-state index in [2.05, 4.69) is 10.2 Å². The van der Waals surface area contributed by atoms with Gasteiger partial charge in [-0.2, -0.15) is 10.2 Å². The molecule has 0 N–H and O–H groups in total. The molecule has 2 aromatic rings. The molecule has 92 valence electrons. The second-order valence-electron chi connectivity index (χ2n) is 3.55. The van der Waals surface area contributed by atoms with Crippen LogP contribution in [0.5, 0.6) is 0 Å². The molecule has 1 unspecified atom stereocenters. The fourth-order valence-corrected chi connectivity index (χ4v) is 1.58. The normalized spacial score (nSPS) is 12.8. The molecule has 0 saturated heterocycles. The van der Waals surface area contributed by atoms with E-state index in [4.69, 9.17) is 11.6 Å². The van der Waals surface area contributed by atoms with Crippen molar-refractivity contribution in [2.24, 2.45) is 10.2 Å². The fourth-order valence-electron chi connectivity index (χ4n) is 1.36. The zero-order valence-electron chi connectivity index (χ0n) is 9.22. The Morgan fingerprint density at radius 3 is 2.28 bits per heavy atom. The van der Waals surface area contributed by atoms with Crippen LogP contribution in [0.25, 0.3) is 0 Å². The first-order valence-corrected chi connectivity index (χ1v) is 5.65. The van der Waals surface area contributed by atoms with E-state index < -0.39 is 11.3 Å². The number of halogens is 3. The number of hydrogen-bond donors (Lipinski definition) is 0. The lowest BCUT2D eigenvalue weighted by Gasteiger charge is -2.04. The highest BCUT2D eigenvalue weighted by Crippen LogP contribution is 2.26. The van der Waals surface area contributed by atoms with E-state index in [9.17, 15) is 8.78 Å². The van der Waals surface area contributed by atoms with Crippen molar-refractivity contribution in [2.75, 3.05) is 0 Å². The van der Waals surface area contributed by atoms with Crippen LogP contribution in [-0.2, 0) is 0 Å². The van der Waals surface area contributed by atoms with E-state index >= 15 is 0 Å². The number of nitrogens with zero attached hydrogens (tertiary/aromatic N) is 2. The first kappa shape index (κ1) is 12.6. The summed E-state index contributed by atoms with van der Waals surface area (Å²) in [6.45, 7) is 0. The van der Waals surface area contributed by atoms with Gasteiger partial charge in [0.15, 0.2) is 5.50 Å². The predicted molar refractivity (Wildman–Crippen MR) is 65.9 cm³/mol. The third kappa shape index (κ3) is 3.11. The Morgan fingerprint density at radius 1 is 0.944 bits per heavy atom. The van der Waals surface area contributed by atoms with Crippen molar-refractivity contribution in [2.45, 2.75) is 5.50 Å². The van der Waals surface area contributed by atoms with Crippen molar-refractivity contribution in [1.82, 2.24) is 0 Å². The van der Waals surface area contributed by atoms with Crippen molar-refractivity contribution in [1.29, 1.82) is 0 Å². The van der Waals surface area contributed by atoms with Crippen LogP contribution in [-0.4, -0.2) is 0 Å². The Morgan fingerprint density at radius 2 is 1.61 bits per heavy atom. The lowest BCUT2D eigenvalue weighted by atomic mass is 10.2. The highest BCUT2D eigenvalue weighted by molar-refractivity contribution is 6.20. The Balaban J connectivity index is 2.14. The molecule has 0 fully saturated rings. The molecule has 0 amide bonds. The first-order valence-electron chi connectivity index (χ1n) is 5.22. The fraction of sp³-hybridized carbons (Fsp3) is 0.0769. The maximum absolute atomic E-state index is 13.4. The van der Waals surface area contributed by atoms with Crippen LogP contribution in [0, 0.1) is 11.6 Å². The van der Waals surface area contributed by atoms with Crippen LogP contribution >= 0.6 is 11.6 Å². The summed E-state index contributed by atoms with van der Waals surface area (Å²) in [6.07, 6.45) is 0. The summed E-state index contributed by atoms with van der Waals surface area (Å²) >= 11 is 5.92. The average molecular weight is 267 g/mol. The van der Waals surface area contributed by atoms with Gasteiger partial charge in [0.1, 0.15) is 11.6 Å². The summed E-state index contributed by atoms with van der Waals surface area (Å²) < 4.78 is 26.0. The first-order chi connectivity index (χ1) is 8.66. The van der Waals surface area contributed by atoms with E-state index in [1.54, 1.807) is 12.1 Å². The lowest BCUT2D eigenvalue weighted by Crippen LogP contribution is -1.90. The minimum atomic E-state index is -0.906. The SMILES string of the molecule is Fc1ccc(N=NC(Cl)c2ccccc2F)cc1. The van der Waals surface area contributed by atoms with E-state index in [0.29, 0.717) is 5.69 Å². The molecule has 0 saturated carbocycles. The second kappa shape index (κ2) is 5.69. The van der Waals surface area contributed by atoms with Gasteiger partial charge in [-0.15, -0.1) is 0 Å². The summed E-state index contributed by atoms with van der Waals surface area (Å²) in [6, 6.07) is 11.5. The molecule has 2 aromatic carbocycles. The van der Waals surface area contributed by atoms with Gasteiger partial charge in [0.2, 0.25) is 0 Å². The summed E-state index contributed by atoms with van der Waals surface area (Å²) in [5.74, 6) is -0.791.